The van der Waals surface area contributed by atoms with Gasteiger partial charge in [0.05, 0.1) is 9.82 Å². The number of rotatable bonds is 8. The van der Waals surface area contributed by atoms with E-state index in [2.05, 4.69) is 10.0 Å². The van der Waals surface area contributed by atoms with Crippen molar-refractivity contribution < 1.29 is 13.3 Å². The van der Waals surface area contributed by atoms with Gasteiger partial charge in [-0.25, -0.2) is 13.1 Å². The zero-order valence-corrected chi connectivity index (χ0v) is 13.2. The molecule has 0 aliphatic heterocycles. The normalized spacial score (nSPS) is 11.8. The predicted molar refractivity (Wildman–Crippen MR) is 80.8 cm³/mol. The van der Waals surface area contributed by atoms with Gasteiger partial charge in [-0.1, -0.05) is 19.9 Å². The lowest BCUT2D eigenvalue weighted by Crippen LogP contribution is -2.29. The maximum absolute atomic E-state index is 12.1. The quantitative estimate of drug-likeness (QED) is 0.431. The average molecular weight is 315 g/mol. The van der Waals surface area contributed by atoms with E-state index in [-0.39, 0.29) is 17.1 Å². The van der Waals surface area contributed by atoms with Crippen molar-refractivity contribution in [3.63, 3.8) is 0 Å². The van der Waals surface area contributed by atoms with Crippen molar-refractivity contribution in [2.24, 2.45) is 0 Å². The number of hydrogen-bond donors (Lipinski definition) is 2. The Bertz CT molecular complexity index is 599. The fourth-order valence-electron chi connectivity index (χ4n) is 1.72. The third kappa shape index (κ3) is 5.41. The summed E-state index contributed by atoms with van der Waals surface area (Å²) in [7, 11) is -3.72. The highest BCUT2D eigenvalue weighted by Gasteiger charge is 2.19. The number of nitrogens with zero attached hydrogens (tertiary/aromatic N) is 1. The summed E-state index contributed by atoms with van der Waals surface area (Å²) in [6.07, 6.45) is 0.644. The first kappa shape index (κ1) is 17.5. The largest absolute Gasteiger partial charge is 0.314 e. The number of nitro groups is 1. The molecule has 21 heavy (non-hydrogen) atoms. The molecule has 0 radical (unpaired) electrons. The second kappa shape index (κ2) is 7.48. The molecular formula is C13H21N3O4S. The molecule has 0 bridgehead atoms. The molecule has 0 fully saturated rings. The molecule has 8 heteroatoms. The number of benzene rings is 1. The Morgan fingerprint density at radius 1 is 1.29 bits per heavy atom. The standard InChI is InChI=1S/C13H21N3O4S/c1-10(2)14-7-4-8-15-21(19,20)12-6-5-11(3)13(9-12)16(17)18/h5-6,9-10,14-15H,4,7-8H2,1-3H3. The molecule has 7 nitrogen and oxygen atoms in total. The van der Waals surface area contributed by atoms with Crippen LogP contribution in [0.3, 0.4) is 0 Å². The van der Waals surface area contributed by atoms with Crippen LogP contribution in [-0.2, 0) is 10.0 Å². The molecule has 0 atom stereocenters. The highest BCUT2D eigenvalue weighted by molar-refractivity contribution is 7.89. The first-order valence-corrected chi connectivity index (χ1v) is 8.20. The van der Waals surface area contributed by atoms with E-state index in [1.807, 2.05) is 13.8 Å². The van der Waals surface area contributed by atoms with Crippen molar-refractivity contribution in [1.82, 2.24) is 10.0 Å². The van der Waals surface area contributed by atoms with E-state index in [9.17, 15) is 18.5 Å². The second-order valence-corrected chi connectivity index (χ2v) is 6.83. The van der Waals surface area contributed by atoms with E-state index in [1.54, 1.807) is 6.92 Å². The predicted octanol–water partition coefficient (Wildman–Crippen LogP) is 1.57. The lowest BCUT2D eigenvalue weighted by Gasteiger charge is -2.09. The Labute approximate surface area is 124 Å². The van der Waals surface area contributed by atoms with Crippen LogP contribution in [-0.4, -0.2) is 32.5 Å². The number of nitrogens with one attached hydrogen (secondary N) is 2. The molecule has 1 aromatic rings. The van der Waals surface area contributed by atoms with Gasteiger partial charge >= 0.3 is 0 Å². The Hall–Kier alpha value is -1.51. The lowest BCUT2D eigenvalue weighted by molar-refractivity contribution is -0.385. The van der Waals surface area contributed by atoms with Gasteiger partial charge < -0.3 is 5.32 Å². The molecule has 0 aliphatic rings. The Morgan fingerprint density at radius 3 is 2.52 bits per heavy atom. The van der Waals surface area contributed by atoms with E-state index >= 15 is 0 Å². The topological polar surface area (TPSA) is 101 Å². The maximum atomic E-state index is 12.1. The van der Waals surface area contributed by atoms with Crippen molar-refractivity contribution in [3.8, 4) is 0 Å². The molecule has 0 saturated carbocycles. The van der Waals surface area contributed by atoms with Crippen molar-refractivity contribution in [2.45, 2.75) is 38.1 Å². The maximum Gasteiger partial charge on any atom is 0.273 e. The third-order valence-corrected chi connectivity index (χ3v) is 4.34. The SMILES string of the molecule is Cc1ccc(S(=O)(=O)NCCCNC(C)C)cc1[N+](=O)[O-]. The van der Waals surface area contributed by atoms with Gasteiger partial charge in [-0.3, -0.25) is 10.1 Å². The summed E-state index contributed by atoms with van der Waals surface area (Å²) in [4.78, 5) is 10.2. The van der Waals surface area contributed by atoms with Gasteiger partial charge in [-0.2, -0.15) is 0 Å². The van der Waals surface area contributed by atoms with Gasteiger partial charge in [-0.05, 0) is 26.0 Å². The molecule has 1 aromatic carbocycles. The second-order valence-electron chi connectivity index (χ2n) is 5.07. The molecule has 2 N–H and O–H groups in total. The fourth-order valence-corrected chi connectivity index (χ4v) is 2.82. The van der Waals surface area contributed by atoms with E-state index in [0.717, 1.165) is 6.07 Å². The van der Waals surface area contributed by atoms with Gasteiger partial charge in [0.1, 0.15) is 0 Å². The van der Waals surface area contributed by atoms with Gasteiger partial charge in [0.25, 0.3) is 5.69 Å². The summed E-state index contributed by atoms with van der Waals surface area (Å²) in [6, 6.07) is 4.25. The van der Waals surface area contributed by atoms with Gasteiger partial charge in [-0.15, -0.1) is 0 Å². The summed E-state index contributed by atoms with van der Waals surface area (Å²) < 4.78 is 26.6. The molecular weight excluding hydrogens is 294 g/mol. The van der Waals surface area contributed by atoms with Gasteiger partial charge in [0, 0.05) is 24.2 Å². The minimum absolute atomic E-state index is 0.0865. The van der Waals surface area contributed by atoms with Gasteiger partial charge in [0.2, 0.25) is 10.0 Å². The molecule has 0 unspecified atom stereocenters. The van der Waals surface area contributed by atoms with Crippen molar-refractivity contribution in [2.75, 3.05) is 13.1 Å². The summed E-state index contributed by atoms with van der Waals surface area (Å²) in [5.74, 6) is 0. The summed E-state index contributed by atoms with van der Waals surface area (Å²) in [6.45, 7) is 6.57. The van der Waals surface area contributed by atoms with Crippen LogP contribution in [0.25, 0.3) is 0 Å². The van der Waals surface area contributed by atoms with Crippen LogP contribution < -0.4 is 10.0 Å². The van der Waals surface area contributed by atoms with Crippen molar-refractivity contribution in [1.29, 1.82) is 0 Å². The summed E-state index contributed by atoms with van der Waals surface area (Å²) in [5.41, 5.74) is 0.236. The zero-order chi connectivity index (χ0) is 16.0. The Morgan fingerprint density at radius 2 is 1.95 bits per heavy atom. The molecule has 0 spiro atoms. The van der Waals surface area contributed by atoms with Crippen LogP contribution in [0.1, 0.15) is 25.8 Å². The highest BCUT2D eigenvalue weighted by Crippen LogP contribution is 2.21. The molecule has 0 heterocycles. The number of aryl methyl sites for hydroxylation is 1. The number of nitro benzene ring substituents is 1. The molecule has 0 saturated heterocycles. The number of sulfonamides is 1. The third-order valence-electron chi connectivity index (χ3n) is 2.89. The first-order valence-electron chi connectivity index (χ1n) is 6.72. The van der Waals surface area contributed by atoms with Gasteiger partial charge in [0.15, 0.2) is 0 Å². The fraction of sp³-hybridized carbons (Fsp3) is 0.538. The van der Waals surface area contributed by atoms with Crippen LogP contribution in [0.5, 0.6) is 0 Å². The average Bonchev–Trinajstić information content (AvgIpc) is 2.37. The molecule has 0 aromatic heterocycles. The zero-order valence-electron chi connectivity index (χ0n) is 12.4. The molecule has 1 rings (SSSR count). The molecule has 0 amide bonds. The number of hydrogen-bond acceptors (Lipinski definition) is 5. The van der Waals surface area contributed by atoms with E-state index in [4.69, 9.17) is 0 Å². The minimum atomic E-state index is -3.72. The highest BCUT2D eigenvalue weighted by atomic mass is 32.2. The van der Waals surface area contributed by atoms with Crippen LogP contribution >= 0.6 is 0 Å². The first-order chi connectivity index (χ1) is 9.74. The monoisotopic (exact) mass is 315 g/mol. The summed E-state index contributed by atoms with van der Waals surface area (Å²) in [5, 5.41) is 14.0. The minimum Gasteiger partial charge on any atom is -0.314 e. The van der Waals surface area contributed by atoms with Crippen LogP contribution in [0.15, 0.2) is 23.1 Å². The van der Waals surface area contributed by atoms with Crippen LogP contribution in [0.2, 0.25) is 0 Å². The van der Waals surface area contributed by atoms with E-state index < -0.39 is 14.9 Å². The summed E-state index contributed by atoms with van der Waals surface area (Å²) >= 11 is 0. The van der Waals surface area contributed by atoms with Crippen molar-refractivity contribution in [3.05, 3.63) is 33.9 Å². The van der Waals surface area contributed by atoms with Crippen LogP contribution in [0.4, 0.5) is 5.69 Å². The smallest absolute Gasteiger partial charge is 0.273 e. The Balaban J connectivity index is 2.70. The van der Waals surface area contributed by atoms with E-state index in [0.29, 0.717) is 24.6 Å². The molecule has 118 valence electrons. The Kier molecular flexibility index (Phi) is 6.25. The molecule has 0 aliphatic carbocycles. The van der Waals surface area contributed by atoms with Crippen LogP contribution in [0, 0.1) is 17.0 Å². The van der Waals surface area contributed by atoms with Crippen molar-refractivity contribution >= 4 is 15.7 Å². The van der Waals surface area contributed by atoms with E-state index in [1.165, 1.54) is 12.1 Å². The lowest BCUT2D eigenvalue weighted by atomic mass is 10.2.